The van der Waals surface area contributed by atoms with Crippen molar-refractivity contribution in [2.75, 3.05) is 13.2 Å². The zero-order valence-corrected chi connectivity index (χ0v) is 49.0. The van der Waals surface area contributed by atoms with Gasteiger partial charge in [0.05, 0.1) is 0 Å². The van der Waals surface area contributed by atoms with Crippen LogP contribution in [-0.4, -0.2) is 37.2 Å². The van der Waals surface area contributed by atoms with E-state index in [0.29, 0.717) is 19.3 Å². The molecule has 0 heterocycles. The van der Waals surface area contributed by atoms with E-state index in [1.165, 1.54) is 244 Å². The minimum absolute atomic E-state index is 0.0627. The van der Waals surface area contributed by atoms with Crippen molar-refractivity contribution in [3.63, 3.8) is 0 Å². The lowest BCUT2D eigenvalue weighted by molar-refractivity contribution is -0.167. The minimum atomic E-state index is -0.764. The van der Waals surface area contributed by atoms with E-state index in [0.717, 1.165) is 75.5 Å². The third-order valence-corrected chi connectivity index (χ3v) is 14.9. The van der Waals surface area contributed by atoms with Crippen LogP contribution in [0.2, 0.25) is 0 Å². The monoisotopic (exact) mass is 1000 g/mol. The highest BCUT2D eigenvalue weighted by Gasteiger charge is 2.19. The second-order valence-corrected chi connectivity index (χ2v) is 23.8. The van der Waals surface area contributed by atoms with Gasteiger partial charge in [-0.15, -0.1) is 0 Å². The molecule has 0 saturated carbocycles. The van der Waals surface area contributed by atoms with Crippen LogP contribution in [0.5, 0.6) is 0 Å². The van der Waals surface area contributed by atoms with E-state index < -0.39 is 6.10 Å². The first-order valence-corrected chi connectivity index (χ1v) is 32.1. The van der Waals surface area contributed by atoms with Crippen molar-refractivity contribution in [2.24, 2.45) is 17.8 Å². The minimum Gasteiger partial charge on any atom is -0.462 e. The summed E-state index contributed by atoms with van der Waals surface area (Å²) in [7, 11) is 0. The molecule has 0 saturated heterocycles. The first-order valence-electron chi connectivity index (χ1n) is 32.1. The first-order chi connectivity index (χ1) is 34.6. The van der Waals surface area contributed by atoms with Gasteiger partial charge in [0.25, 0.3) is 0 Å². The second-order valence-electron chi connectivity index (χ2n) is 23.8. The number of rotatable bonds is 58. The number of hydrogen-bond acceptors (Lipinski definition) is 6. The van der Waals surface area contributed by atoms with Gasteiger partial charge in [-0.25, -0.2) is 0 Å². The molecular weight excluding hydrogens is 877 g/mol. The Hall–Kier alpha value is -1.59. The van der Waals surface area contributed by atoms with E-state index >= 15 is 0 Å². The van der Waals surface area contributed by atoms with E-state index in [1.807, 2.05) is 0 Å². The molecule has 1 atom stereocenters. The van der Waals surface area contributed by atoms with Gasteiger partial charge in [-0.2, -0.15) is 0 Å². The molecule has 0 unspecified atom stereocenters. The molecule has 0 radical (unpaired) electrons. The molecule has 0 bridgehead atoms. The van der Waals surface area contributed by atoms with Crippen molar-refractivity contribution in [1.29, 1.82) is 0 Å². The topological polar surface area (TPSA) is 78.9 Å². The van der Waals surface area contributed by atoms with Gasteiger partial charge < -0.3 is 14.2 Å². The molecule has 0 aliphatic rings. The van der Waals surface area contributed by atoms with E-state index in [1.54, 1.807) is 0 Å². The average Bonchev–Trinajstić information content (AvgIpc) is 3.33. The molecule has 0 rings (SSSR count). The molecule has 0 amide bonds. The van der Waals surface area contributed by atoms with Crippen LogP contribution in [0.3, 0.4) is 0 Å². The molecule has 0 aliphatic heterocycles. The predicted molar refractivity (Wildman–Crippen MR) is 307 cm³/mol. The van der Waals surface area contributed by atoms with Gasteiger partial charge in [0.15, 0.2) is 6.10 Å². The van der Waals surface area contributed by atoms with Crippen molar-refractivity contribution in [2.45, 2.75) is 369 Å². The summed E-state index contributed by atoms with van der Waals surface area (Å²) in [6.45, 7) is 13.8. The Labute approximate surface area is 444 Å². The maximum absolute atomic E-state index is 12.9. The number of esters is 3. The highest BCUT2D eigenvalue weighted by Crippen LogP contribution is 2.19. The van der Waals surface area contributed by atoms with E-state index in [9.17, 15) is 14.4 Å². The highest BCUT2D eigenvalue weighted by atomic mass is 16.6. The van der Waals surface area contributed by atoms with Crippen LogP contribution in [-0.2, 0) is 28.6 Å². The summed E-state index contributed by atoms with van der Waals surface area (Å²) in [5.41, 5.74) is 0. The molecule has 71 heavy (non-hydrogen) atoms. The van der Waals surface area contributed by atoms with Crippen LogP contribution >= 0.6 is 0 Å². The van der Waals surface area contributed by atoms with E-state index in [4.69, 9.17) is 14.2 Å². The number of unbranched alkanes of at least 4 members (excludes halogenated alkanes) is 41. The van der Waals surface area contributed by atoms with Crippen molar-refractivity contribution in [3.05, 3.63) is 0 Å². The number of carbonyl (C=O) groups is 3. The summed E-state index contributed by atoms with van der Waals surface area (Å²) < 4.78 is 17.0. The van der Waals surface area contributed by atoms with Crippen molar-refractivity contribution in [3.8, 4) is 0 Å². The Balaban J connectivity index is 4.25. The lowest BCUT2D eigenvalue weighted by Crippen LogP contribution is -2.30. The summed E-state index contributed by atoms with van der Waals surface area (Å²) in [4.78, 5) is 38.3. The lowest BCUT2D eigenvalue weighted by Gasteiger charge is -2.18. The Kier molecular flexibility index (Phi) is 54.9. The smallest absolute Gasteiger partial charge is 0.306 e. The van der Waals surface area contributed by atoms with Crippen LogP contribution in [0, 0.1) is 17.8 Å². The van der Waals surface area contributed by atoms with Gasteiger partial charge in [0.1, 0.15) is 13.2 Å². The Morgan fingerprint density at radius 1 is 0.239 bits per heavy atom. The summed E-state index contributed by atoms with van der Waals surface area (Å²) >= 11 is 0. The van der Waals surface area contributed by atoms with E-state index in [-0.39, 0.29) is 31.1 Å². The van der Waals surface area contributed by atoms with Gasteiger partial charge in [0.2, 0.25) is 0 Å². The van der Waals surface area contributed by atoms with E-state index in [2.05, 4.69) is 41.5 Å². The molecule has 0 aromatic heterocycles. The van der Waals surface area contributed by atoms with Crippen LogP contribution in [0.4, 0.5) is 0 Å². The Bertz CT molecular complexity index is 1100. The number of ether oxygens (including phenoxy) is 3. The molecule has 0 fully saturated rings. The molecule has 0 spiro atoms. The zero-order chi connectivity index (χ0) is 51.9. The molecule has 0 aromatic carbocycles. The number of carbonyl (C=O) groups excluding carboxylic acids is 3. The maximum atomic E-state index is 12.9. The fraction of sp³-hybridized carbons (Fsp3) is 0.954. The maximum Gasteiger partial charge on any atom is 0.306 e. The van der Waals surface area contributed by atoms with Gasteiger partial charge >= 0.3 is 17.9 Å². The Morgan fingerprint density at radius 3 is 0.606 bits per heavy atom. The van der Waals surface area contributed by atoms with Crippen LogP contribution in [0.15, 0.2) is 0 Å². The van der Waals surface area contributed by atoms with Crippen LogP contribution < -0.4 is 0 Å². The standard InChI is InChI=1S/C65H126O6/c1-59(2)51-45-39-33-27-21-17-13-9-7-8-10-15-19-23-30-36-42-48-54-63(66)69-57-62(58-70-64(67)55-49-43-37-31-26-25-29-35-41-47-53-61(5)6)71-65(68)56-50-44-38-32-24-20-16-12-11-14-18-22-28-34-40-46-52-60(3)4/h59-62H,7-58H2,1-6H3/t62-/m1/s1. The summed E-state index contributed by atoms with van der Waals surface area (Å²) in [5.74, 6) is 1.69. The second kappa shape index (κ2) is 56.1. The third kappa shape index (κ3) is 59.2. The van der Waals surface area contributed by atoms with Gasteiger partial charge in [-0.05, 0) is 37.0 Å². The highest BCUT2D eigenvalue weighted by molar-refractivity contribution is 5.71. The quantitative estimate of drug-likeness (QED) is 0.0343. The molecule has 0 aromatic rings. The van der Waals surface area contributed by atoms with Crippen LogP contribution in [0.25, 0.3) is 0 Å². The first kappa shape index (κ1) is 69.4. The largest absolute Gasteiger partial charge is 0.462 e. The SMILES string of the molecule is CC(C)CCCCCCCCCCCCCCCCCCCCC(=O)OC[C@H](COC(=O)CCCCCCCCCCCCC(C)C)OC(=O)CCCCCCCCCCCCCCCCCCC(C)C. The lowest BCUT2D eigenvalue weighted by atomic mass is 10.0. The summed E-state index contributed by atoms with van der Waals surface area (Å²) in [6, 6.07) is 0. The third-order valence-electron chi connectivity index (χ3n) is 14.9. The van der Waals surface area contributed by atoms with Crippen molar-refractivity contribution in [1.82, 2.24) is 0 Å². The molecule has 6 heteroatoms. The molecule has 0 aliphatic carbocycles. The van der Waals surface area contributed by atoms with Gasteiger partial charge in [0, 0.05) is 19.3 Å². The normalized spacial score (nSPS) is 12.1. The predicted octanol–water partition coefficient (Wildman–Crippen LogP) is 21.5. The fourth-order valence-corrected chi connectivity index (χ4v) is 10.1. The van der Waals surface area contributed by atoms with Crippen molar-refractivity contribution < 1.29 is 28.6 Å². The van der Waals surface area contributed by atoms with Gasteiger partial charge in [-0.1, -0.05) is 324 Å². The van der Waals surface area contributed by atoms with Crippen LogP contribution in [0.1, 0.15) is 363 Å². The zero-order valence-electron chi connectivity index (χ0n) is 49.0. The fourth-order valence-electron chi connectivity index (χ4n) is 10.1. The van der Waals surface area contributed by atoms with Crippen molar-refractivity contribution >= 4 is 17.9 Å². The molecule has 422 valence electrons. The molecule has 0 N–H and O–H groups in total. The average molecular weight is 1000 g/mol. The Morgan fingerprint density at radius 2 is 0.408 bits per heavy atom. The molecular formula is C65H126O6. The number of hydrogen-bond donors (Lipinski definition) is 0. The summed E-state index contributed by atoms with van der Waals surface area (Å²) in [6.07, 6.45) is 61.1. The summed E-state index contributed by atoms with van der Waals surface area (Å²) in [5, 5.41) is 0. The molecule has 6 nitrogen and oxygen atoms in total. The van der Waals surface area contributed by atoms with Gasteiger partial charge in [-0.3, -0.25) is 14.4 Å².